The van der Waals surface area contributed by atoms with E-state index in [-0.39, 0.29) is 18.4 Å². The standard InChI is InChI=1S/C15H22ClN3O2/c1-3-5-14(20)19-11-6-7-12(16)13(9-11)18-10-15(21)17-8-4-2/h6-7,9,18H,3-5,8,10H2,1-2H3,(H,17,21)(H,19,20). The van der Waals surface area contributed by atoms with Crippen molar-refractivity contribution in [2.24, 2.45) is 0 Å². The van der Waals surface area contributed by atoms with Crippen molar-refractivity contribution in [2.45, 2.75) is 33.1 Å². The number of carbonyl (C=O) groups is 2. The SMILES string of the molecule is CCCNC(=O)CNc1cc(NC(=O)CCC)ccc1Cl. The van der Waals surface area contributed by atoms with Gasteiger partial charge in [0.25, 0.3) is 0 Å². The third-order valence-corrected chi connectivity index (χ3v) is 3.07. The molecule has 0 heterocycles. The van der Waals surface area contributed by atoms with Crippen molar-refractivity contribution in [1.29, 1.82) is 0 Å². The Kier molecular flexibility index (Phi) is 7.61. The summed E-state index contributed by atoms with van der Waals surface area (Å²) >= 11 is 6.07. The van der Waals surface area contributed by atoms with Gasteiger partial charge in [-0.05, 0) is 31.0 Å². The predicted octanol–water partition coefficient (Wildman–Crippen LogP) is 3.02. The smallest absolute Gasteiger partial charge is 0.239 e. The summed E-state index contributed by atoms with van der Waals surface area (Å²) in [4.78, 5) is 23.1. The molecule has 2 amide bonds. The molecule has 5 nitrogen and oxygen atoms in total. The van der Waals surface area contributed by atoms with E-state index >= 15 is 0 Å². The number of carbonyl (C=O) groups excluding carboxylic acids is 2. The fraction of sp³-hybridized carbons (Fsp3) is 0.467. The quantitative estimate of drug-likeness (QED) is 0.691. The van der Waals surface area contributed by atoms with Gasteiger partial charge in [0, 0.05) is 18.7 Å². The van der Waals surface area contributed by atoms with Crippen LogP contribution in [0.25, 0.3) is 0 Å². The van der Waals surface area contributed by atoms with Gasteiger partial charge in [0.2, 0.25) is 11.8 Å². The summed E-state index contributed by atoms with van der Waals surface area (Å²) in [6.45, 7) is 4.74. The van der Waals surface area contributed by atoms with E-state index < -0.39 is 0 Å². The number of rotatable bonds is 8. The minimum Gasteiger partial charge on any atom is -0.375 e. The zero-order chi connectivity index (χ0) is 15.7. The molecule has 0 radical (unpaired) electrons. The summed E-state index contributed by atoms with van der Waals surface area (Å²) in [5.74, 6) is -0.125. The van der Waals surface area contributed by atoms with Crippen molar-refractivity contribution in [1.82, 2.24) is 5.32 Å². The van der Waals surface area contributed by atoms with Gasteiger partial charge in [0.05, 0.1) is 17.3 Å². The zero-order valence-electron chi connectivity index (χ0n) is 12.5. The molecule has 0 saturated carbocycles. The molecule has 0 spiro atoms. The summed E-state index contributed by atoms with van der Waals surface area (Å²) < 4.78 is 0. The molecule has 0 fully saturated rings. The van der Waals surface area contributed by atoms with Gasteiger partial charge in [-0.1, -0.05) is 25.4 Å². The Bertz CT molecular complexity index is 492. The molecule has 6 heteroatoms. The normalized spacial score (nSPS) is 10.0. The van der Waals surface area contributed by atoms with Gasteiger partial charge in [-0.25, -0.2) is 0 Å². The number of hydrogen-bond acceptors (Lipinski definition) is 3. The van der Waals surface area contributed by atoms with E-state index in [2.05, 4.69) is 16.0 Å². The number of anilines is 2. The summed E-state index contributed by atoms with van der Waals surface area (Å²) in [5, 5.41) is 9.04. The minimum absolute atomic E-state index is 0.0357. The Labute approximate surface area is 130 Å². The molecule has 0 saturated heterocycles. The molecule has 0 aliphatic rings. The number of halogens is 1. The Morgan fingerprint density at radius 3 is 2.57 bits per heavy atom. The van der Waals surface area contributed by atoms with E-state index in [1.165, 1.54) is 0 Å². The van der Waals surface area contributed by atoms with Crippen LogP contribution in [-0.2, 0) is 9.59 Å². The minimum atomic E-state index is -0.0895. The molecular weight excluding hydrogens is 290 g/mol. The van der Waals surface area contributed by atoms with Crippen LogP contribution in [0.3, 0.4) is 0 Å². The lowest BCUT2D eigenvalue weighted by molar-refractivity contribution is -0.119. The molecular formula is C15H22ClN3O2. The highest BCUT2D eigenvalue weighted by atomic mass is 35.5. The molecule has 0 aromatic heterocycles. The third kappa shape index (κ3) is 6.49. The summed E-state index contributed by atoms with van der Waals surface area (Å²) in [7, 11) is 0. The molecule has 0 aliphatic carbocycles. The van der Waals surface area contributed by atoms with Crippen LogP contribution in [0.4, 0.5) is 11.4 Å². The first-order valence-corrected chi connectivity index (χ1v) is 7.54. The first-order valence-electron chi connectivity index (χ1n) is 7.16. The second-order valence-electron chi connectivity index (χ2n) is 4.70. The topological polar surface area (TPSA) is 70.2 Å². The van der Waals surface area contributed by atoms with Gasteiger partial charge in [0.15, 0.2) is 0 Å². The highest BCUT2D eigenvalue weighted by Gasteiger charge is 2.06. The lowest BCUT2D eigenvalue weighted by Crippen LogP contribution is -2.30. The average molecular weight is 312 g/mol. The summed E-state index contributed by atoms with van der Waals surface area (Å²) in [6.07, 6.45) is 2.17. The van der Waals surface area contributed by atoms with E-state index in [4.69, 9.17) is 11.6 Å². The van der Waals surface area contributed by atoms with Crippen LogP contribution < -0.4 is 16.0 Å². The maximum absolute atomic E-state index is 11.6. The molecule has 1 aromatic carbocycles. The molecule has 0 bridgehead atoms. The monoisotopic (exact) mass is 311 g/mol. The van der Waals surface area contributed by atoms with Gasteiger partial charge in [-0.15, -0.1) is 0 Å². The largest absolute Gasteiger partial charge is 0.375 e. The van der Waals surface area contributed by atoms with Crippen LogP contribution in [0.5, 0.6) is 0 Å². The number of amides is 2. The second kappa shape index (κ2) is 9.23. The lowest BCUT2D eigenvalue weighted by Gasteiger charge is -2.11. The maximum Gasteiger partial charge on any atom is 0.239 e. The van der Waals surface area contributed by atoms with E-state index in [1.54, 1.807) is 18.2 Å². The first-order chi connectivity index (χ1) is 10.1. The molecule has 0 unspecified atom stereocenters. The van der Waals surface area contributed by atoms with Crippen molar-refractivity contribution in [3.8, 4) is 0 Å². The van der Waals surface area contributed by atoms with E-state index in [9.17, 15) is 9.59 Å². The molecule has 116 valence electrons. The lowest BCUT2D eigenvalue weighted by atomic mass is 10.2. The molecule has 21 heavy (non-hydrogen) atoms. The predicted molar refractivity (Wildman–Crippen MR) is 86.8 cm³/mol. The van der Waals surface area contributed by atoms with E-state index in [0.717, 1.165) is 12.8 Å². The molecule has 0 aliphatic heterocycles. The maximum atomic E-state index is 11.6. The Morgan fingerprint density at radius 2 is 1.90 bits per heavy atom. The highest BCUT2D eigenvalue weighted by molar-refractivity contribution is 6.33. The fourth-order valence-electron chi connectivity index (χ4n) is 1.69. The Balaban J connectivity index is 2.61. The van der Waals surface area contributed by atoms with Crippen molar-refractivity contribution in [3.05, 3.63) is 23.2 Å². The van der Waals surface area contributed by atoms with Crippen LogP contribution in [0, 0.1) is 0 Å². The highest BCUT2D eigenvalue weighted by Crippen LogP contribution is 2.25. The van der Waals surface area contributed by atoms with Gasteiger partial charge < -0.3 is 16.0 Å². The Hall–Kier alpha value is -1.75. The number of nitrogens with one attached hydrogen (secondary N) is 3. The third-order valence-electron chi connectivity index (χ3n) is 2.74. The number of benzene rings is 1. The average Bonchev–Trinajstić information content (AvgIpc) is 2.45. The zero-order valence-corrected chi connectivity index (χ0v) is 13.2. The van der Waals surface area contributed by atoms with Crippen molar-refractivity contribution in [3.63, 3.8) is 0 Å². The fourth-order valence-corrected chi connectivity index (χ4v) is 1.88. The molecule has 1 rings (SSSR count). The van der Waals surface area contributed by atoms with E-state index in [1.807, 2.05) is 13.8 Å². The van der Waals surface area contributed by atoms with Crippen LogP contribution in [0.15, 0.2) is 18.2 Å². The number of hydrogen-bond donors (Lipinski definition) is 3. The van der Waals surface area contributed by atoms with Crippen LogP contribution >= 0.6 is 11.6 Å². The van der Waals surface area contributed by atoms with Crippen LogP contribution in [0.1, 0.15) is 33.1 Å². The van der Waals surface area contributed by atoms with Crippen LogP contribution in [-0.4, -0.2) is 24.9 Å². The Morgan fingerprint density at radius 1 is 1.14 bits per heavy atom. The molecule has 1 aromatic rings. The van der Waals surface area contributed by atoms with Gasteiger partial charge in [0.1, 0.15) is 0 Å². The summed E-state index contributed by atoms with van der Waals surface area (Å²) in [6, 6.07) is 5.15. The second-order valence-corrected chi connectivity index (χ2v) is 5.10. The van der Waals surface area contributed by atoms with Crippen molar-refractivity contribution in [2.75, 3.05) is 23.7 Å². The summed E-state index contributed by atoms with van der Waals surface area (Å²) in [5.41, 5.74) is 1.28. The van der Waals surface area contributed by atoms with Crippen LogP contribution in [0.2, 0.25) is 5.02 Å². The first kappa shape index (κ1) is 17.3. The van der Waals surface area contributed by atoms with Gasteiger partial charge in [-0.3, -0.25) is 9.59 Å². The van der Waals surface area contributed by atoms with Gasteiger partial charge >= 0.3 is 0 Å². The van der Waals surface area contributed by atoms with Crippen molar-refractivity contribution < 1.29 is 9.59 Å². The molecule has 0 atom stereocenters. The van der Waals surface area contributed by atoms with Crippen molar-refractivity contribution >= 4 is 34.8 Å². The molecule has 3 N–H and O–H groups in total. The van der Waals surface area contributed by atoms with Gasteiger partial charge in [-0.2, -0.15) is 0 Å². The van der Waals surface area contributed by atoms with E-state index in [0.29, 0.717) is 29.4 Å².